The molecule has 0 bridgehead atoms. The summed E-state index contributed by atoms with van der Waals surface area (Å²) in [5.41, 5.74) is 0. The van der Waals surface area contributed by atoms with Crippen molar-refractivity contribution < 1.29 is 28.0 Å². The quantitative estimate of drug-likeness (QED) is 0.0275. The van der Waals surface area contributed by atoms with Crippen molar-refractivity contribution in [3.8, 4) is 0 Å². The molecule has 0 aliphatic rings. The van der Waals surface area contributed by atoms with Crippen LogP contribution in [0.3, 0.4) is 0 Å². The van der Waals surface area contributed by atoms with Gasteiger partial charge >= 0.3 is 0 Å². The zero-order valence-corrected chi connectivity index (χ0v) is 39.6. The minimum atomic E-state index is -4.46. The van der Waals surface area contributed by atoms with Crippen LogP contribution in [0.15, 0.2) is 36.5 Å². The largest absolute Gasteiger partial charge is 0.387 e. The van der Waals surface area contributed by atoms with Gasteiger partial charge in [0.15, 0.2) is 0 Å². The highest BCUT2D eigenvalue weighted by Crippen LogP contribution is 2.16. The fourth-order valence-corrected chi connectivity index (χ4v) is 8.52. The Kier molecular flexibility index (Phi) is 43.5. The van der Waals surface area contributed by atoms with Crippen LogP contribution in [-0.4, -0.2) is 53.1 Å². The van der Waals surface area contributed by atoms with Crippen LogP contribution in [0.25, 0.3) is 0 Å². The third-order valence-corrected chi connectivity index (χ3v) is 12.4. The molecular formula is C51H97NO6S. The maximum atomic E-state index is 12.7. The van der Waals surface area contributed by atoms with Gasteiger partial charge in [0.25, 0.3) is 10.1 Å². The van der Waals surface area contributed by atoms with Gasteiger partial charge in [-0.05, 0) is 44.9 Å². The van der Waals surface area contributed by atoms with Crippen LogP contribution in [0, 0.1) is 0 Å². The van der Waals surface area contributed by atoms with Gasteiger partial charge in [-0.2, -0.15) is 8.42 Å². The minimum absolute atomic E-state index is 0.275. The van der Waals surface area contributed by atoms with Crippen molar-refractivity contribution in [3.05, 3.63) is 36.5 Å². The van der Waals surface area contributed by atoms with Crippen LogP contribution in [-0.2, 0) is 14.9 Å². The lowest BCUT2D eigenvalue weighted by Crippen LogP contribution is -2.50. The molecule has 0 saturated heterocycles. The van der Waals surface area contributed by atoms with Crippen LogP contribution in [0.1, 0.15) is 258 Å². The highest BCUT2D eigenvalue weighted by atomic mass is 32.2. The van der Waals surface area contributed by atoms with E-state index in [9.17, 15) is 28.0 Å². The molecule has 0 aromatic carbocycles. The van der Waals surface area contributed by atoms with Crippen molar-refractivity contribution in [1.82, 2.24) is 5.32 Å². The van der Waals surface area contributed by atoms with Gasteiger partial charge in [-0.25, -0.2) is 0 Å². The summed E-state index contributed by atoms with van der Waals surface area (Å²) in [5.74, 6) is -1.56. The Morgan fingerprint density at radius 2 is 0.763 bits per heavy atom. The van der Waals surface area contributed by atoms with Gasteiger partial charge in [0, 0.05) is 0 Å². The molecular weight excluding hydrogens is 755 g/mol. The van der Waals surface area contributed by atoms with Gasteiger partial charge in [0.1, 0.15) is 6.10 Å². The first-order valence-electron chi connectivity index (χ1n) is 25.3. The number of nitrogens with one attached hydrogen (secondary N) is 1. The average molecular weight is 852 g/mol. The van der Waals surface area contributed by atoms with Crippen molar-refractivity contribution >= 4 is 16.0 Å². The lowest BCUT2D eigenvalue weighted by atomic mass is 10.0. The summed E-state index contributed by atoms with van der Waals surface area (Å²) in [5, 5.41) is 23.5. The summed E-state index contributed by atoms with van der Waals surface area (Å²) in [6, 6.07) is -1.25. The first-order chi connectivity index (χ1) is 28.7. The zero-order chi connectivity index (χ0) is 43.3. The van der Waals surface area contributed by atoms with E-state index in [4.69, 9.17) is 0 Å². The third-order valence-electron chi connectivity index (χ3n) is 11.7. The van der Waals surface area contributed by atoms with Gasteiger partial charge < -0.3 is 15.5 Å². The van der Waals surface area contributed by atoms with E-state index in [1.54, 1.807) is 6.08 Å². The van der Waals surface area contributed by atoms with Gasteiger partial charge in [-0.3, -0.25) is 9.35 Å². The van der Waals surface area contributed by atoms with E-state index < -0.39 is 40.0 Å². The van der Waals surface area contributed by atoms with Gasteiger partial charge in [-0.15, -0.1) is 0 Å². The topological polar surface area (TPSA) is 124 Å². The molecule has 0 heterocycles. The molecule has 3 atom stereocenters. The van der Waals surface area contributed by atoms with Crippen molar-refractivity contribution in [3.63, 3.8) is 0 Å². The van der Waals surface area contributed by atoms with Crippen molar-refractivity contribution in [2.24, 2.45) is 0 Å². The number of aliphatic hydroxyl groups excluding tert-OH is 2. The fourth-order valence-electron chi connectivity index (χ4n) is 7.78. The van der Waals surface area contributed by atoms with E-state index in [2.05, 4.69) is 43.5 Å². The number of allylic oxidation sites excluding steroid dienone is 5. The molecule has 0 spiro atoms. The van der Waals surface area contributed by atoms with E-state index >= 15 is 0 Å². The second-order valence-electron chi connectivity index (χ2n) is 17.6. The third kappa shape index (κ3) is 44.4. The summed E-state index contributed by atoms with van der Waals surface area (Å²) >= 11 is 0. The standard InChI is InChI=1S/C51H97NO6S/c1-3-5-7-9-11-13-15-17-19-21-23-25-27-29-31-33-35-37-39-41-43-45-49(53)48(47-59(56,57)58)52-51(55)50(54)46-44-42-40-38-36-34-32-30-28-26-24-22-20-18-16-14-12-10-8-6-4-2/h27,29,35,37,43,45,48-50,53-54H,3-26,28,30-34,36,38-42,44,46-47H2,1-2H3,(H,52,55)(H,56,57,58)/b29-27+,37-35+,45-43+. The lowest BCUT2D eigenvalue weighted by molar-refractivity contribution is -0.130. The predicted molar refractivity (Wildman–Crippen MR) is 255 cm³/mol. The minimum Gasteiger partial charge on any atom is -0.387 e. The first-order valence-corrected chi connectivity index (χ1v) is 26.9. The number of amides is 1. The zero-order valence-electron chi connectivity index (χ0n) is 38.7. The maximum Gasteiger partial charge on any atom is 0.267 e. The van der Waals surface area contributed by atoms with Crippen LogP contribution in [0.2, 0.25) is 0 Å². The Morgan fingerprint density at radius 1 is 0.458 bits per heavy atom. The highest BCUT2D eigenvalue weighted by Gasteiger charge is 2.27. The smallest absolute Gasteiger partial charge is 0.267 e. The Hall–Kier alpha value is -1.48. The number of hydrogen-bond acceptors (Lipinski definition) is 5. The molecule has 0 radical (unpaired) electrons. The fraction of sp³-hybridized carbons (Fsp3) is 0.863. The summed E-state index contributed by atoms with van der Waals surface area (Å²) in [7, 11) is -4.46. The number of carbonyl (C=O) groups is 1. The number of hydrogen-bond donors (Lipinski definition) is 4. The molecule has 59 heavy (non-hydrogen) atoms. The van der Waals surface area contributed by atoms with E-state index in [0.717, 1.165) is 44.9 Å². The Bertz CT molecular complexity index is 1090. The maximum absolute atomic E-state index is 12.7. The molecule has 0 aliphatic carbocycles. The monoisotopic (exact) mass is 852 g/mol. The number of unbranched alkanes of at least 4 members (excludes halogenated alkanes) is 33. The van der Waals surface area contributed by atoms with Crippen molar-refractivity contribution in [2.75, 3.05) is 5.75 Å². The predicted octanol–water partition coefficient (Wildman–Crippen LogP) is 14.6. The summed E-state index contributed by atoms with van der Waals surface area (Å²) in [4.78, 5) is 12.7. The molecule has 7 nitrogen and oxygen atoms in total. The number of rotatable bonds is 46. The molecule has 1 amide bonds. The molecule has 348 valence electrons. The molecule has 0 rings (SSSR count). The van der Waals surface area contributed by atoms with Gasteiger partial charge in [0.05, 0.1) is 17.9 Å². The second-order valence-corrected chi connectivity index (χ2v) is 19.1. The van der Waals surface area contributed by atoms with Crippen LogP contribution < -0.4 is 5.32 Å². The van der Waals surface area contributed by atoms with Crippen LogP contribution in [0.4, 0.5) is 0 Å². The summed E-state index contributed by atoms with van der Waals surface area (Å²) in [6.45, 7) is 4.55. The first kappa shape index (κ1) is 57.5. The van der Waals surface area contributed by atoms with Crippen molar-refractivity contribution in [2.45, 2.75) is 276 Å². The Morgan fingerprint density at radius 3 is 1.12 bits per heavy atom. The Labute approximate surface area is 366 Å². The molecule has 0 saturated carbocycles. The van der Waals surface area contributed by atoms with E-state index in [1.165, 1.54) is 186 Å². The van der Waals surface area contributed by atoms with E-state index in [1.807, 2.05) is 0 Å². The van der Waals surface area contributed by atoms with Crippen molar-refractivity contribution in [1.29, 1.82) is 0 Å². The molecule has 0 aliphatic heterocycles. The van der Waals surface area contributed by atoms with Gasteiger partial charge in [0.2, 0.25) is 5.91 Å². The Balaban J connectivity index is 3.95. The summed E-state index contributed by atoms with van der Waals surface area (Å²) in [6.07, 6.45) is 56.4. The molecule has 0 aromatic rings. The van der Waals surface area contributed by atoms with E-state index in [-0.39, 0.29) is 6.42 Å². The highest BCUT2D eigenvalue weighted by molar-refractivity contribution is 7.85. The summed E-state index contributed by atoms with van der Waals surface area (Å²) < 4.78 is 32.7. The van der Waals surface area contributed by atoms with Gasteiger partial charge in [-0.1, -0.05) is 249 Å². The average Bonchev–Trinajstić information content (AvgIpc) is 3.21. The lowest BCUT2D eigenvalue weighted by Gasteiger charge is -2.22. The number of aliphatic hydroxyl groups is 2. The molecule has 0 aromatic heterocycles. The number of carbonyl (C=O) groups excluding carboxylic acids is 1. The van der Waals surface area contributed by atoms with Crippen LogP contribution >= 0.6 is 0 Å². The SMILES string of the molecule is CCCCCCCCCCCCC/C=C/CC/C=C/CC/C=C/C(O)C(CS(=O)(=O)O)NC(=O)C(O)CCCCCCCCCCCCCCCCCCCCCCC. The molecule has 3 unspecified atom stereocenters. The molecule has 4 N–H and O–H groups in total. The second kappa shape index (κ2) is 44.6. The molecule has 0 fully saturated rings. The van der Waals surface area contributed by atoms with E-state index in [0.29, 0.717) is 12.8 Å². The normalized spacial score (nSPS) is 13.9. The molecule has 8 heteroatoms. The van der Waals surface area contributed by atoms with Crippen LogP contribution in [0.5, 0.6) is 0 Å².